The number of carbonyl (C=O) groups is 1. The molecule has 1 aromatic carbocycles. The molecule has 7 atom stereocenters. The van der Waals surface area contributed by atoms with Crippen molar-refractivity contribution < 1.29 is 28.0 Å². The summed E-state index contributed by atoms with van der Waals surface area (Å²) in [6, 6.07) is 5.99. The van der Waals surface area contributed by atoms with Gasteiger partial charge in [0.15, 0.2) is 0 Å². The number of ketones is 1. The quantitative estimate of drug-likeness (QED) is 0.470. The smallest absolute Gasteiger partial charge is 0.294 e. The van der Waals surface area contributed by atoms with E-state index in [2.05, 4.69) is 13.8 Å². The maximum atomic E-state index is 12.4. The van der Waals surface area contributed by atoms with E-state index < -0.39 is 10.1 Å². The highest BCUT2D eigenvalue weighted by molar-refractivity contribution is 7.85. The number of nitrogens with two attached hydrogens (primary N) is 1. The van der Waals surface area contributed by atoms with E-state index >= 15 is 0 Å². The van der Waals surface area contributed by atoms with Crippen molar-refractivity contribution in [1.82, 2.24) is 0 Å². The van der Waals surface area contributed by atoms with Crippen LogP contribution in [0.15, 0.2) is 29.2 Å². The van der Waals surface area contributed by atoms with Gasteiger partial charge in [0.2, 0.25) is 0 Å². The van der Waals surface area contributed by atoms with Crippen molar-refractivity contribution in [1.29, 1.82) is 0 Å². The van der Waals surface area contributed by atoms with E-state index in [0.29, 0.717) is 42.9 Å². The number of aryl methyl sites for hydroxylation is 1. The van der Waals surface area contributed by atoms with Crippen molar-refractivity contribution in [3.63, 3.8) is 0 Å². The molecule has 192 valence electrons. The third kappa shape index (κ3) is 5.26. The highest BCUT2D eigenvalue weighted by Gasteiger charge is 2.58. The zero-order chi connectivity index (χ0) is 25.3. The zero-order valence-electron chi connectivity index (χ0n) is 20.6. The van der Waals surface area contributed by atoms with Crippen LogP contribution in [0.5, 0.6) is 0 Å². The van der Waals surface area contributed by atoms with Crippen molar-refractivity contribution in [3.8, 4) is 0 Å². The molecule has 1 aromatic rings. The molecule has 3 saturated carbocycles. The molecule has 4 rings (SSSR count). The van der Waals surface area contributed by atoms with Gasteiger partial charge in [0, 0.05) is 18.4 Å². The summed E-state index contributed by atoms with van der Waals surface area (Å²) >= 11 is 0. The molecule has 34 heavy (non-hydrogen) atoms. The average Bonchev–Trinajstić information content (AvgIpc) is 3.09. The molecular formula is C26H41NO6S. The minimum Gasteiger partial charge on any atom is -0.396 e. The van der Waals surface area contributed by atoms with Crippen LogP contribution in [0.2, 0.25) is 0 Å². The molecule has 0 heterocycles. The van der Waals surface area contributed by atoms with Crippen LogP contribution in [0.1, 0.15) is 64.4 Å². The lowest BCUT2D eigenvalue weighted by Gasteiger charge is -2.55. The molecule has 0 spiro atoms. The molecule has 5 N–H and O–H groups in total. The van der Waals surface area contributed by atoms with Gasteiger partial charge in [0.25, 0.3) is 10.1 Å². The summed E-state index contributed by atoms with van der Waals surface area (Å²) in [6.07, 6.45) is 5.89. The average molecular weight is 496 g/mol. The topological polar surface area (TPSA) is 138 Å². The minimum absolute atomic E-state index is 0.0327. The highest BCUT2D eigenvalue weighted by Crippen LogP contribution is 2.60. The molecule has 3 aliphatic rings. The van der Waals surface area contributed by atoms with Crippen LogP contribution in [-0.4, -0.2) is 48.2 Å². The fourth-order valence-electron chi connectivity index (χ4n) is 7.08. The van der Waals surface area contributed by atoms with E-state index in [1.807, 2.05) is 6.92 Å². The number of fused-ring (bicyclic) bond motifs is 1. The third-order valence-electron chi connectivity index (χ3n) is 9.31. The lowest BCUT2D eigenvalue weighted by Crippen LogP contribution is -2.53. The lowest BCUT2D eigenvalue weighted by molar-refractivity contribution is -0.135. The van der Waals surface area contributed by atoms with Gasteiger partial charge in [-0.2, -0.15) is 8.42 Å². The largest absolute Gasteiger partial charge is 0.396 e. The highest BCUT2D eigenvalue weighted by atomic mass is 32.2. The number of Topliss-reactive ketones (excluding diaryl/α,β-unsaturated/α-hetero) is 1. The van der Waals surface area contributed by atoms with Crippen LogP contribution >= 0.6 is 0 Å². The number of aliphatic hydroxyl groups excluding tert-OH is 2. The first-order valence-electron chi connectivity index (χ1n) is 12.4. The van der Waals surface area contributed by atoms with E-state index in [1.54, 1.807) is 12.1 Å². The summed E-state index contributed by atoms with van der Waals surface area (Å²) in [5.41, 5.74) is 7.03. The fourth-order valence-corrected chi connectivity index (χ4v) is 7.56. The number of rotatable bonds is 4. The molecule has 8 heteroatoms. The SMILES string of the molecule is C[C@]1([C@H]2CC[C@]3(C)C(=O)CC[C@H]3[C@@H]2CN)CC[C@H](O)C[C@@H]1CO.Cc1ccc(S(=O)(=O)O)cc1. The van der Waals surface area contributed by atoms with Crippen LogP contribution in [-0.2, 0) is 14.9 Å². The Balaban J connectivity index is 0.000000248. The standard InChI is InChI=1S/C19H33NO3.C7H8O3S/c1-18(7-5-13(22)9-12(18)11-21)16-6-8-19(2)15(14(16)10-20)3-4-17(19)23;1-6-2-4-7(5-3-6)11(8,9)10/h12-16,21-22H,3-11,20H2,1-2H3;2-5H,1H3,(H,8,9,10)/t12-,13+,14+,15+,16+,18+,19+;/m1./s1. The van der Waals surface area contributed by atoms with E-state index in [1.165, 1.54) is 12.1 Å². The van der Waals surface area contributed by atoms with Gasteiger partial charge < -0.3 is 15.9 Å². The second-order valence-corrected chi connectivity index (χ2v) is 12.6. The van der Waals surface area contributed by atoms with Crippen molar-refractivity contribution in [2.75, 3.05) is 13.2 Å². The molecule has 0 bridgehead atoms. The normalized spacial score (nSPS) is 38.1. The van der Waals surface area contributed by atoms with Crippen molar-refractivity contribution in [2.45, 2.75) is 76.7 Å². The summed E-state index contributed by atoms with van der Waals surface area (Å²) in [7, 11) is -4.02. The molecule has 0 radical (unpaired) electrons. The summed E-state index contributed by atoms with van der Waals surface area (Å²) in [4.78, 5) is 12.3. The Bertz CT molecular complexity index is 964. The molecule has 0 saturated heterocycles. The number of hydrogen-bond donors (Lipinski definition) is 4. The number of hydrogen-bond acceptors (Lipinski definition) is 6. The molecule has 0 aromatic heterocycles. The van der Waals surface area contributed by atoms with Crippen molar-refractivity contribution >= 4 is 15.9 Å². The van der Waals surface area contributed by atoms with Crippen LogP contribution in [0.4, 0.5) is 0 Å². The predicted octanol–water partition coefficient (Wildman–Crippen LogP) is 3.36. The van der Waals surface area contributed by atoms with Crippen LogP contribution in [0, 0.1) is 41.4 Å². The Hall–Kier alpha value is -1.32. The Morgan fingerprint density at radius 1 is 1.06 bits per heavy atom. The number of benzene rings is 1. The zero-order valence-corrected chi connectivity index (χ0v) is 21.4. The third-order valence-corrected chi connectivity index (χ3v) is 10.2. The Morgan fingerprint density at radius 2 is 1.71 bits per heavy atom. The molecule has 0 unspecified atom stereocenters. The maximum Gasteiger partial charge on any atom is 0.294 e. The van der Waals surface area contributed by atoms with Crippen LogP contribution in [0.25, 0.3) is 0 Å². The second kappa shape index (κ2) is 10.3. The minimum atomic E-state index is -4.02. The summed E-state index contributed by atoms with van der Waals surface area (Å²) in [6.45, 7) is 7.07. The first kappa shape index (κ1) is 27.3. The van der Waals surface area contributed by atoms with Gasteiger partial charge in [-0.1, -0.05) is 31.5 Å². The number of aliphatic hydroxyl groups is 2. The van der Waals surface area contributed by atoms with E-state index in [0.717, 1.165) is 37.7 Å². The van der Waals surface area contributed by atoms with Gasteiger partial charge >= 0.3 is 0 Å². The van der Waals surface area contributed by atoms with Gasteiger partial charge in [-0.3, -0.25) is 9.35 Å². The van der Waals surface area contributed by atoms with E-state index in [-0.39, 0.29) is 34.4 Å². The fraction of sp³-hybridized carbons (Fsp3) is 0.731. The molecule has 3 aliphatic carbocycles. The van der Waals surface area contributed by atoms with Crippen LogP contribution < -0.4 is 5.73 Å². The van der Waals surface area contributed by atoms with Gasteiger partial charge in [-0.05, 0) is 93.2 Å². The van der Waals surface area contributed by atoms with E-state index in [4.69, 9.17) is 10.3 Å². The predicted molar refractivity (Wildman–Crippen MR) is 131 cm³/mol. The van der Waals surface area contributed by atoms with Gasteiger partial charge in [0.05, 0.1) is 11.0 Å². The van der Waals surface area contributed by atoms with Crippen molar-refractivity contribution in [3.05, 3.63) is 29.8 Å². The molecular weight excluding hydrogens is 454 g/mol. The monoisotopic (exact) mass is 495 g/mol. The summed E-state index contributed by atoms with van der Waals surface area (Å²) < 4.78 is 29.6. The maximum absolute atomic E-state index is 12.4. The van der Waals surface area contributed by atoms with Crippen molar-refractivity contribution in [2.24, 2.45) is 40.2 Å². The van der Waals surface area contributed by atoms with E-state index in [9.17, 15) is 23.4 Å². The van der Waals surface area contributed by atoms with Gasteiger partial charge in [-0.25, -0.2) is 0 Å². The van der Waals surface area contributed by atoms with Gasteiger partial charge in [0.1, 0.15) is 5.78 Å². The number of carbonyl (C=O) groups excluding carboxylic acids is 1. The van der Waals surface area contributed by atoms with Gasteiger partial charge in [-0.15, -0.1) is 0 Å². The molecule has 7 nitrogen and oxygen atoms in total. The Morgan fingerprint density at radius 3 is 2.26 bits per heavy atom. The van der Waals surface area contributed by atoms with Crippen LogP contribution in [0.3, 0.4) is 0 Å². The first-order chi connectivity index (χ1) is 15.9. The lowest BCUT2D eigenvalue weighted by atomic mass is 9.49. The molecule has 3 fully saturated rings. The summed E-state index contributed by atoms with van der Waals surface area (Å²) in [5.74, 6) is 1.81. The molecule has 0 aliphatic heterocycles. The Kier molecular flexibility index (Phi) is 8.30. The summed E-state index contributed by atoms with van der Waals surface area (Å²) in [5, 5.41) is 19.9. The second-order valence-electron chi connectivity index (χ2n) is 11.1. The molecule has 0 amide bonds. The Labute approximate surface area is 203 Å². The first-order valence-corrected chi connectivity index (χ1v) is 13.9.